The largest absolute Gasteiger partial charge is 0.352 e. The van der Waals surface area contributed by atoms with Crippen LogP contribution in [0.15, 0.2) is 109 Å². The van der Waals surface area contributed by atoms with Gasteiger partial charge in [-0.05, 0) is 104 Å². The van der Waals surface area contributed by atoms with Crippen molar-refractivity contribution in [2.45, 2.75) is 130 Å². The van der Waals surface area contributed by atoms with Gasteiger partial charge in [0.1, 0.15) is 17.4 Å². The number of benzene rings is 5. The smallest absolute Gasteiger partial charge is 0.251 e. The molecule has 8 heteroatoms. The lowest BCUT2D eigenvalue weighted by Crippen LogP contribution is -2.25. The summed E-state index contributed by atoms with van der Waals surface area (Å²) in [6.45, 7) is 9.49. The molecule has 1 amide bonds. The molecule has 7 rings (SSSR count). The normalized spacial score (nSPS) is 12.0. The number of hydrogen-bond acceptors (Lipinski definition) is 5. The number of aryl methyl sites for hydroxylation is 3. The van der Waals surface area contributed by atoms with Crippen LogP contribution in [0.1, 0.15) is 153 Å². The molecule has 0 spiro atoms. The van der Waals surface area contributed by atoms with Gasteiger partial charge in [0.25, 0.3) is 5.91 Å². The number of carbonyl (C=O) groups excluding carboxylic acids is 3. The van der Waals surface area contributed by atoms with Gasteiger partial charge in [-0.3, -0.25) is 9.59 Å². The quantitative estimate of drug-likeness (QED) is 0.0482. The molecule has 2 aromatic heterocycles. The van der Waals surface area contributed by atoms with Crippen molar-refractivity contribution < 1.29 is 14.4 Å². The van der Waals surface area contributed by atoms with Crippen LogP contribution >= 0.6 is 0 Å². The Morgan fingerprint density at radius 3 is 2.12 bits per heavy atom. The Morgan fingerprint density at radius 1 is 0.692 bits per heavy atom. The third-order valence-electron chi connectivity index (χ3n) is 12.9. The van der Waals surface area contributed by atoms with Crippen LogP contribution < -0.4 is 5.32 Å². The van der Waals surface area contributed by atoms with E-state index in [-0.39, 0.29) is 23.4 Å². The SMILES string of the molecule is CCCCC(CC(C)=O)c1ccccc1C(=O)CCCCCCCCCNC(=O)c1ccccc1-c1ccc(Cn2c(CCC)nc3c(C)cc(-c4nc5ccccc5n4C)cc32)cc1. The van der Waals surface area contributed by atoms with Crippen molar-refractivity contribution in [1.29, 1.82) is 0 Å². The Kier molecular flexibility index (Phi) is 16.3. The van der Waals surface area contributed by atoms with Crippen LogP contribution in [0, 0.1) is 6.92 Å². The van der Waals surface area contributed by atoms with Crippen LogP contribution in [-0.2, 0) is 24.8 Å². The van der Waals surface area contributed by atoms with E-state index in [0.29, 0.717) is 31.5 Å². The van der Waals surface area contributed by atoms with Gasteiger partial charge in [-0.25, -0.2) is 9.97 Å². The summed E-state index contributed by atoms with van der Waals surface area (Å²) in [7, 11) is 2.08. The van der Waals surface area contributed by atoms with Crippen LogP contribution in [0.5, 0.6) is 0 Å². The Morgan fingerprint density at radius 2 is 1.38 bits per heavy atom. The zero-order valence-corrected chi connectivity index (χ0v) is 39.3. The molecule has 7 aromatic rings. The Hall–Kier alpha value is -6.15. The fourth-order valence-electron chi connectivity index (χ4n) is 9.47. The van der Waals surface area contributed by atoms with Crippen molar-refractivity contribution in [3.63, 3.8) is 0 Å². The number of aromatic nitrogens is 4. The number of Topliss-reactive ketones (excluding diaryl/α,β-unsaturated/α-hetero) is 2. The van der Waals surface area contributed by atoms with E-state index < -0.39 is 0 Å². The number of nitrogens with zero attached hydrogens (tertiary/aromatic N) is 4. The molecule has 1 unspecified atom stereocenters. The van der Waals surface area contributed by atoms with Crippen molar-refractivity contribution >= 4 is 39.5 Å². The number of hydrogen-bond donors (Lipinski definition) is 1. The van der Waals surface area contributed by atoms with E-state index in [0.717, 1.165) is 144 Å². The highest BCUT2D eigenvalue weighted by atomic mass is 16.1. The molecule has 0 radical (unpaired) electrons. The van der Waals surface area contributed by atoms with E-state index in [9.17, 15) is 14.4 Å². The molecule has 8 nitrogen and oxygen atoms in total. The summed E-state index contributed by atoms with van der Waals surface area (Å²) in [6, 6.07) is 37.1. The first-order valence-corrected chi connectivity index (χ1v) is 24.2. The van der Waals surface area contributed by atoms with Crippen LogP contribution in [0.25, 0.3) is 44.6 Å². The van der Waals surface area contributed by atoms with Gasteiger partial charge >= 0.3 is 0 Å². The summed E-state index contributed by atoms with van der Waals surface area (Å²) in [6.07, 6.45) is 13.2. The Labute approximate surface area is 385 Å². The van der Waals surface area contributed by atoms with E-state index in [1.807, 2.05) is 54.6 Å². The van der Waals surface area contributed by atoms with E-state index >= 15 is 0 Å². The number of amides is 1. The van der Waals surface area contributed by atoms with Crippen molar-refractivity contribution in [1.82, 2.24) is 24.4 Å². The van der Waals surface area contributed by atoms with Crippen molar-refractivity contribution in [3.8, 4) is 22.5 Å². The van der Waals surface area contributed by atoms with Gasteiger partial charge in [0.2, 0.25) is 0 Å². The molecular formula is C57H67N5O3. The lowest BCUT2D eigenvalue weighted by Gasteiger charge is -2.19. The topological polar surface area (TPSA) is 98.9 Å². The number of para-hydroxylation sites is 2. The average Bonchev–Trinajstić information content (AvgIpc) is 3.84. The minimum Gasteiger partial charge on any atom is -0.352 e. The standard InChI is InChI=1S/C57H67N5O3/c1-6-8-23-44(37-41(4)63)47-25-15-17-26-48(47)53(64)30-14-12-10-9-11-13-21-35-58-57(65)49-27-18-16-24-46(49)43-33-31-42(32-34-43)39-62-52-38-45(36-40(3)55(52)60-54(62)22-7-2)56-59-50-28-19-20-29-51(50)61(56)5/h15-20,24-29,31-34,36,38,44H,6-14,21-23,30,35,37,39H2,1-5H3,(H,58,65). The van der Waals surface area contributed by atoms with Crippen molar-refractivity contribution in [2.75, 3.05) is 6.54 Å². The van der Waals surface area contributed by atoms with Crippen molar-refractivity contribution in [2.24, 2.45) is 7.05 Å². The second kappa shape index (κ2) is 22.7. The highest BCUT2D eigenvalue weighted by Crippen LogP contribution is 2.33. The van der Waals surface area contributed by atoms with Crippen molar-refractivity contribution in [3.05, 3.63) is 143 Å². The highest BCUT2D eigenvalue weighted by molar-refractivity contribution is 6.01. The van der Waals surface area contributed by atoms with E-state index in [4.69, 9.17) is 9.97 Å². The number of rotatable bonds is 24. The van der Waals surface area contributed by atoms with Gasteiger partial charge in [0.05, 0.1) is 22.1 Å². The van der Waals surface area contributed by atoms with Crippen LogP contribution in [0.3, 0.4) is 0 Å². The molecule has 0 aliphatic carbocycles. The van der Waals surface area contributed by atoms with Gasteiger partial charge in [-0.15, -0.1) is 0 Å². The molecule has 0 saturated carbocycles. The minimum atomic E-state index is -0.0465. The molecule has 65 heavy (non-hydrogen) atoms. The highest BCUT2D eigenvalue weighted by Gasteiger charge is 2.21. The third kappa shape index (κ3) is 11.6. The maximum atomic E-state index is 13.5. The number of carbonyl (C=O) groups is 3. The minimum absolute atomic E-state index is 0.0465. The summed E-state index contributed by atoms with van der Waals surface area (Å²) < 4.78 is 4.53. The average molecular weight is 870 g/mol. The Balaban J connectivity index is 0.892. The van der Waals surface area contributed by atoms with Crippen LogP contribution in [-0.4, -0.2) is 43.1 Å². The third-order valence-corrected chi connectivity index (χ3v) is 12.9. The van der Waals surface area contributed by atoms with E-state index in [1.165, 1.54) is 5.56 Å². The Bertz CT molecular complexity index is 2720. The molecule has 0 aliphatic rings. The number of ketones is 2. The molecule has 1 N–H and O–H groups in total. The summed E-state index contributed by atoms with van der Waals surface area (Å²) in [4.78, 5) is 49.0. The molecule has 0 aliphatic heterocycles. The molecule has 0 fully saturated rings. The molecule has 0 saturated heterocycles. The van der Waals surface area contributed by atoms with Gasteiger partial charge in [0, 0.05) is 56.1 Å². The first-order valence-electron chi connectivity index (χ1n) is 24.2. The summed E-state index contributed by atoms with van der Waals surface area (Å²) in [5.41, 5.74) is 12.1. The summed E-state index contributed by atoms with van der Waals surface area (Å²) >= 11 is 0. The predicted molar refractivity (Wildman–Crippen MR) is 267 cm³/mol. The second-order valence-corrected chi connectivity index (χ2v) is 18.0. The number of imidazole rings is 2. The maximum absolute atomic E-state index is 13.5. The summed E-state index contributed by atoms with van der Waals surface area (Å²) in [5, 5.41) is 3.18. The van der Waals surface area contributed by atoms with E-state index in [1.54, 1.807) is 6.92 Å². The molecular weight excluding hydrogens is 803 g/mol. The van der Waals surface area contributed by atoms with Crippen LogP contribution in [0.4, 0.5) is 0 Å². The zero-order chi connectivity index (χ0) is 45.7. The second-order valence-electron chi connectivity index (χ2n) is 18.0. The fraction of sp³-hybridized carbons (Fsp3) is 0.386. The van der Waals surface area contributed by atoms with Gasteiger partial charge < -0.3 is 19.2 Å². The lowest BCUT2D eigenvalue weighted by molar-refractivity contribution is -0.117. The molecule has 2 heterocycles. The first kappa shape index (κ1) is 46.8. The lowest BCUT2D eigenvalue weighted by atomic mass is 9.84. The fourth-order valence-corrected chi connectivity index (χ4v) is 9.47. The zero-order valence-electron chi connectivity index (χ0n) is 39.3. The summed E-state index contributed by atoms with van der Waals surface area (Å²) in [5.74, 6) is 2.47. The first-order chi connectivity index (χ1) is 31.7. The molecule has 0 bridgehead atoms. The molecule has 5 aromatic carbocycles. The predicted octanol–water partition coefficient (Wildman–Crippen LogP) is 13.6. The number of fused-ring (bicyclic) bond motifs is 2. The molecule has 338 valence electrons. The van der Waals surface area contributed by atoms with Gasteiger partial charge in [-0.1, -0.05) is 138 Å². The monoisotopic (exact) mass is 870 g/mol. The van der Waals surface area contributed by atoms with Gasteiger partial charge in [-0.2, -0.15) is 0 Å². The maximum Gasteiger partial charge on any atom is 0.251 e. The number of unbranched alkanes of at least 4 members (excludes halogenated alkanes) is 7. The van der Waals surface area contributed by atoms with Gasteiger partial charge in [0.15, 0.2) is 5.78 Å². The molecule has 1 atom stereocenters. The number of nitrogens with one attached hydrogen (secondary N) is 1. The van der Waals surface area contributed by atoms with Crippen LogP contribution in [0.2, 0.25) is 0 Å². The van der Waals surface area contributed by atoms with E-state index in [2.05, 4.69) is 96.9 Å².